The van der Waals surface area contributed by atoms with Crippen LogP contribution in [0, 0.1) is 6.92 Å². The number of carbonyl (C=O) groups excluding carboxylic acids is 2. The molecule has 1 amide bonds. The molecule has 7 heteroatoms. The van der Waals surface area contributed by atoms with E-state index in [4.69, 9.17) is 21.1 Å². The van der Waals surface area contributed by atoms with Gasteiger partial charge in [-0.3, -0.25) is 14.6 Å². The highest BCUT2D eigenvalue weighted by Crippen LogP contribution is 2.30. The second-order valence-electron chi connectivity index (χ2n) is 5.90. The number of halogens is 1. The lowest BCUT2D eigenvalue weighted by molar-refractivity contribution is -0.147. The van der Waals surface area contributed by atoms with Gasteiger partial charge in [0.25, 0.3) is 5.91 Å². The van der Waals surface area contributed by atoms with Gasteiger partial charge in [-0.15, -0.1) is 0 Å². The standard InChI is InChI=1S/C19H21ClN2O4/c1-12(14-4-6-21-7-5-14)9-19(24)26-11-18(23)22-16-8-13(2)15(20)10-17(16)25-3/h4-8,10,12H,9,11H2,1-3H3,(H,22,23)/t12-/m0/s1. The topological polar surface area (TPSA) is 77.5 Å². The van der Waals surface area contributed by atoms with Gasteiger partial charge in [0, 0.05) is 23.5 Å². The van der Waals surface area contributed by atoms with Crippen LogP contribution in [0.3, 0.4) is 0 Å². The number of nitrogens with zero attached hydrogens (tertiary/aromatic N) is 1. The first-order valence-electron chi connectivity index (χ1n) is 8.10. The molecule has 2 aromatic rings. The van der Waals surface area contributed by atoms with E-state index in [1.807, 2.05) is 26.0 Å². The molecule has 1 heterocycles. The van der Waals surface area contributed by atoms with E-state index >= 15 is 0 Å². The maximum absolute atomic E-state index is 12.1. The largest absolute Gasteiger partial charge is 0.495 e. The molecule has 26 heavy (non-hydrogen) atoms. The number of carbonyl (C=O) groups is 2. The van der Waals surface area contributed by atoms with E-state index in [0.29, 0.717) is 16.5 Å². The van der Waals surface area contributed by atoms with Crippen molar-refractivity contribution < 1.29 is 19.1 Å². The van der Waals surface area contributed by atoms with Gasteiger partial charge in [0.15, 0.2) is 6.61 Å². The number of nitrogens with one attached hydrogen (secondary N) is 1. The molecule has 0 unspecified atom stereocenters. The van der Waals surface area contributed by atoms with Gasteiger partial charge >= 0.3 is 5.97 Å². The number of rotatable bonds is 7. The number of hydrogen-bond acceptors (Lipinski definition) is 5. The fourth-order valence-corrected chi connectivity index (χ4v) is 2.53. The highest BCUT2D eigenvalue weighted by atomic mass is 35.5. The van der Waals surface area contributed by atoms with Gasteiger partial charge in [-0.2, -0.15) is 0 Å². The van der Waals surface area contributed by atoms with E-state index in [0.717, 1.165) is 11.1 Å². The van der Waals surface area contributed by atoms with Gasteiger partial charge in [-0.25, -0.2) is 0 Å². The molecule has 1 aromatic heterocycles. The number of aryl methyl sites for hydroxylation is 1. The Labute approximate surface area is 157 Å². The van der Waals surface area contributed by atoms with Crippen LogP contribution in [0.1, 0.15) is 30.4 Å². The Morgan fingerprint density at radius 3 is 2.62 bits per heavy atom. The summed E-state index contributed by atoms with van der Waals surface area (Å²) in [5.74, 6) is -0.474. The molecule has 2 rings (SSSR count). The van der Waals surface area contributed by atoms with Crippen molar-refractivity contribution in [1.82, 2.24) is 4.98 Å². The van der Waals surface area contributed by atoms with Crippen LogP contribution in [-0.2, 0) is 14.3 Å². The van der Waals surface area contributed by atoms with E-state index in [1.54, 1.807) is 24.5 Å². The van der Waals surface area contributed by atoms with Crippen LogP contribution in [0.2, 0.25) is 5.02 Å². The van der Waals surface area contributed by atoms with Crippen LogP contribution in [0.5, 0.6) is 5.75 Å². The molecule has 0 bridgehead atoms. The molecular weight excluding hydrogens is 356 g/mol. The van der Waals surface area contributed by atoms with Crippen LogP contribution in [0.25, 0.3) is 0 Å². The van der Waals surface area contributed by atoms with Crippen molar-refractivity contribution in [3.05, 3.63) is 52.8 Å². The number of hydrogen-bond donors (Lipinski definition) is 1. The minimum Gasteiger partial charge on any atom is -0.495 e. The fourth-order valence-electron chi connectivity index (χ4n) is 2.38. The second-order valence-corrected chi connectivity index (χ2v) is 6.30. The van der Waals surface area contributed by atoms with E-state index in [1.165, 1.54) is 7.11 Å². The number of anilines is 1. The van der Waals surface area contributed by atoms with Crippen LogP contribution in [0.4, 0.5) is 5.69 Å². The minimum atomic E-state index is -0.449. The molecule has 0 saturated carbocycles. The van der Waals surface area contributed by atoms with Crippen LogP contribution >= 0.6 is 11.6 Å². The third-order valence-electron chi connectivity index (χ3n) is 3.87. The van der Waals surface area contributed by atoms with E-state index < -0.39 is 11.9 Å². The molecule has 0 aliphatic carbocycles. The van der Waals surface area contributed by atoms with Gasteiger partial charge in [0.05, 0.1) is 19.2 Å². The highest BCUT2D eigenvalue weighted by Gasteiger charge is 2.15. The molecule has 1 atom stereocenters. The Bertz CT molecular complexity index is 781. The Hall–Kier alpha value is -2.60. The number of aromatic nitrogens is 1. The SMILES string of the molecule is COc1cc(Cl)c(C)cc1NC(=O)COC(=O)C[C@H](C)c1ccncc1. The molecule has 0 radical (unpaired) electrons. The first-order valence-corrected chi connectivity index (χ1v) is 8.48. The zero-order valence-electron chi connectivity index (χ0n) is 14.9. The smallest absolute Gasteiger partial charge is 0.306 e. The molecule has 6 nitrogen and oxygen atoms in total. The average molecular weight is 377 g/mol. The van der Waals surface area contributed by atoms with Crippen molar-refractivity contribution in [2.45, 2.75) is 26.2 Å². The molecule has 1 N–H and O–H groups in total. The minimum absolute atomic E-state index is 0.0208. The van der Waals surface area contributed by atoms with Crippen LogP contribution in [0.15, 0.2) is 36.7 Å². The molecule has 0 aliphatic rings. The van der Waals surface area contributed by atoms with E-state index in [-0.39, 0.29) is 18.9 Å². The molecule has 1 aromatic carbocycles. The van der Waals surface area contributed by atoms with Gasteiger partial charge < -0.3 is 14.8 Å². The normalized spacial score (nSPS) is 11.5. The molecule has 0 fully saturated rings. The quantitative estimate of drug-likeness (QED) is 0.745. The molecular formula is C19H21ClN2O4. The Morgan fingerprint density at radius 2 is 1.96 bits per heavy atom. The predicted octanol–water partition coefficient (Wildman–Crippen LogP) is 3.73. The number of benzene rings is 1. The molecule has 0 spiro atoms. The van der Waals surface area contributed by atoms with Gasteiger partial charge in [-0.05, 0) is 42.2 Å². The van der Waals surface area contributed by atoms with Crippen molar-refractivity contribution in [3.8, 4) is 5.75 Å². The summed E-state index contributed by atoms with van der Waals surface area (Å²) >= 11 is 6.04. The third kappa shape index (κ3) is 5.46. The molecule has 138 valence electrons. The third-order valence-corrected chi connectivity index (χ3v) is 4.27. The summed E-state index contributed by atoms with van der Waals surface area (Å²) in [4.78, 5) is 27.9. The second kappa shape index (κ2) is 9.20. The van der Waals surface area contributed by atoms with Gasteiger partial charge in [0.1, 0.15) is 5.75 Å². The van der Waals surface area contributed by atoms with Crippen molar-refractivity contribution >= 4 is 29.2 Å². The number of amides is 1. The Kier molecular flexibility index (Phi) is 6.97. The van der Waals surface area contributed by atoms with Crippen LogP contribution in [-0.4, -0.2) is 30.6 Å². The monoisotopic (exact) mass is 376 g/mol. The average Bonchev–Trinajstić information content (AvgIpc) is 2.63. The summed E-state index contributed by atoms with van der Waals surface area (Å²) in [7, 11) is 1.48. The van der Waals surface area contributed by atoms with Crippen molar-refractivity contribution in [3.63, 3.8) is 0 Å². The number of ether oxygens (including phenoxy) is 2. The zero-order valence-corrected chi connectivity index (χ0v) is 15.7. The molecule has 0 saturated heterocycles. The highest BCUT2D eigenvalue weighted by molar-refractivity contribution is 6.31. The van der Waals surface area contributed by atoms with E-state index in [2.05, 4.69) is 10.3 Å². The molecule has 0 aliphatic heterocycles. The summed E-state index contributed by atoms with van der Waals surface area (Å²) in [5, 5.41) is 3.20. The number of pyridine rings is 1. The predicted molar refractivity (Wildman–Crippen MR) is 99.6 cm³/mol. The number of esters is 1. The summed E-state index contributed by atoms with van der Waals surface area (Å²) in [6, 6.07) is 7.01. The van der Waals surface area contributed by atoms with Gasteiger partial charge in [-0.1, -0.05) is 18.5 Å². The van der Waals surface area contributed by atoms with Crippen LogP contribution < -0.4 is 10.1 Å². The van der Waals surface area contributed by atoms with Gasteiger partial charge in [0.2, 0.25) is 0 Å². The lowest BCUT2D eigenvalue weighted by Gasteiger charge is -2.13. The fraction of sp³-hybridized carbons (Fsp3) is 0.316. The maximum Gasteiger partial charge on any atom is 0.306 e. The number of methoxy groups -OCH3 is 1. The Balaban J connectivity index is 1.87. The Morgan fingerprint density at radius 1 is 1.27 bits per heavy atom. The first-order chi connectivity index (χ1) is 12.4. The summed E-state index contributed by atoms with van der Waals surface area (Å²) in [5.41, 5.74) is 2.26. The van der Waals surface area contributed by atoms with Crippen molar-refractivity contribution in [1.29, 1.82) is 0 Å². The summed E-state index contributed by atoms with van der Waals surface area (Å²) in [6.45, 7) is 3.36. The summed E-state index contributed by atoms with van der Waals surface area (Å²) in [6.07, 6.45) is 3.53. The zero-order chi connectivity index (χ0) is 19.1. The van der Waals surface area contributed by atoms with E-state index in [9.17, 15) is 9.59 Å². The van der Waals surface area contributed by atoms with Crippen molar-refractivity contribution in [2.75, 3.05) is 19.0 Å². The first kappa shape index (κ1) is 19.7. The lowest BCUT2D eigenvalue weighted by Crippen LogP contribution is -2.21. The van der Waals surface area contributed by atoms with Crippen molar-refractivity contribution in [2.24, 2.45) is 0 Å². The summed E-state index contributed by atoms with van der Waals surface area (Å²) < 4.78 is 10.3. The maximum atomic E-state index is 12.1. The lowest BCUT2D eigenvalue weighted by atomic mass is 9.99.